The molecule has 4 nitrogen and oxygen atoms in total. The topological polar surface area (TPSA) is 47.1 Å². The SMILES string of the molecule is CCc1c[nH]c2ncc(B3OC(CC)(CC)C(CC)(CC)O3)cc12. The van der Waals surface area contributed by atoms with Crippen molar-refractivity contribution in [3.05, 3.63) is 24.0 Å². The van der Waals surface area contributed by atoms with Gasteiger partial charge in [-0.2, -0.15) is 0 Å². The second-order valence-corrected chi connectivity index (χ2v) is 6.80. The summed E-state index contributed by atoms with van der Waals surface area (Å²) in [5.74, 6) is 0. The van der Waals surface area contributed by atoms with Crippen LogP contribution in [-0.4, -0.2) is 28.3 Å². The molecule has 130 valence electrons. The lowest BCUT2D eigenvalue weighted by Gasteiger charge is -2.42. The quantitative estimate of drug-likeness (QED) is 0.816. The largest absolute Gasteiger partial charge is 0.496 e. The number of aromatic nitrogens is 2. The van der Waals surface area contributed by atoms with E-state index in [9.17, 15) is 0 Å². The highest BCUT2D eigenvalue weighted by Crippen LogP contribution is 2.46. The van der Waals surface area contributed by atoms with Crippen LogP contribution in [0.15, 0.2) is 18.5 Å². The minimum Gasteiger partial charge on any atom is -0.399 e. The van der Waals surface area contributed by atoms with E-state index in [1.165, 1.54) is 10.9 Å². The van der Waals surface area contributed by atoms with Gasteiger partial charge in [0, 0.05) is 23.2 Å². The van der Waals surface area contributed by atoms with Gasteiger partial charge in [0.2, 0.25) is 0 Å². The Bertz CT molecular complexity index is 684. The minimum absolute atomic E-state index is 0.220. The number of rotatable bonds is 6. The molecule has 1 fully saturated rings. The van der Waals surface area contributed by atoms with E-state index in [0.717, 1.165) is 43.2 Å². The van der Waals surface area contributed by atoms with Crippen LogP contribution in [0, 0.1) is 0 Å². The van der Waals surface area contributed by atoms with E-state index in [2.05, 4.69) is 50.7 Å². The van der Waals surface area contributed by atoms with E-state index in [0.29, 0.717) is 0 Å². The summed E-state index contributed by atoms with van der Waals surface area (Å²) in [7, 11) is -0.332. The van der Waals surface area contributed by atoms with Crippen LogP contribution in [0.1, 0.15) is 65.9 Å². The van der Waals surface area contributed by atoms with Crippen molar-refractivity contribution >= 4 is 23.6 Å². The first kappa shape index (κ1) is 17.5. The Balaban J connectivity index is 2.01. The van der Waals surface area contributed by atoms with E-state index < -0.39 is 0 Å². The number of hydrogen-bond acceptors (Lipinski definition) is 3. The highest BCUT2D eigenvalue weighted by atomic mass is 16.7. The molecule has 0 aliphatic carbocycles. The molecule has 0 spiro atoms. The Kier molecular flexibility index (Phi) is 4.76. The summed E-state index contributed by atoms with van der Waals surface area (Å²) in [5, 5.41) is 1.17. The Morgan fingerprint density at radius 3 is 2.08 bits per heavy atom. The smallest absolute Gasteiger partial charge is 0.399 e. The molecule has 3 heterocycles. The highest BCUT2D eigenvalue weighted by molar-refractivity contribution is 6.62. The van der Waals surface area contributed by atoms with Gasteiger partial charge in [-0.05, 0) is 43.7 Å². The number of hydrogen-bond donors (Lipinski definition) is 1. The van der Waals surface area contributed by atoms with E-state index >= 15 is 0 Å². The van der Waals surface area contributed by atoms with Crippen molar-refractivity contribution in [3.63, 3.8) is 0 Å². The highest BCUT2D eigenvalue weighted by Gasteiger charge is 2.58. The molecule has 0 atom stereocenters. The zero-order valence-corrected chi connectivity index (χ0v) is 15.6. The van der Waals surface area contributed by atoms with Crippen LogP contribution in [-0.2, 0) is 15.7 Å². The van der Waals surface area contributed by atoms with Crippen molar-refractivity contribution in [1.82, 2.24) is 9.97 Å². The van der Waals surface area contributed by atoms with Crippen molar-refractivity contribution < 1.29 is 9.31 Å². The molecule has 1 aliphatic rings. The van der Waals surface area contributed by atoms with Crippen molar-refractivity contribution in [2.24, 2.45) is 0 Å². The van der Waals surface area contributed by atoms with Crippen molar-refractivity contribution in [2.75, 3.05) is 0 Å². The number of nitrogens with one attached hydrogen (secondary N) is 1. The summed E-state index contributed by atoms with van der Waals surface area (Å²) in [6.07, 6.45) is 8.76. The van der Waals surface area contributed by atoms with Gasteiger partial charge in [0.15, 0.2) is 0 Å². The van der Waals surface area contributed by atoms with Gasteiger partial charge in [-0.3, -0.25) is 0 Å². The predicted octanol–water partition coefficient (Wildman–Crippen LogP) is 3.98. The zero-order chi connectivity index (χ0) is 17.4. The molecule has 2 aromatic rings. The Hall–Kier alpha value is -1.33. The fourth-order valence-electron chi connectivity index (χ4n) is 4.40. The van der Waals surface area contributed by atoms with Crippen molar-refractivity contribution in [1.29, 1.82) is 0 Å². The lowest BCUT2D eigenvalue weighted by molar-refractivity contribution is -0.0601. The van der Waals surface area contributed by atoms with Gasteiger partial charge in [-0.1, -0.05) is 34.6 Å². The van der Waals surface area contributed by atoms with Crippen LogP contribution in [0.3, 0.4) is 0 Å². The van der Waals surface area contributed by atoms with Gasteiger partial charge in [0.1, 0.15) is 5.65 Å². The van der Waals surface area contributed by atoms with Gasteiger partial charge in [0.05, 0.1) is 11.2 Å². The average Bonchev–Trinajstić information content (AvgIpc) is 3.20. The summed E-state index contributed by atoms with van der Waals surface area (Å²) in [5.41, 5.74) is 2.80. The van der Waals surface area contributed by atoms with E-state index in [1.807, 2.05) is 12.4 Å². The van der Waals surface area contributed by atoms with Crippen LogP contribution in [0.5, 0.6) is 0 Å². The first-order valence-electron chi connectivity index (χ1n) is 9.40. The summed E-state index contributed by atoms with van der Waals surface area (Å²) < 4.78 is 13.1. The molecule has 5 heteroatoms. The third-order valence-corrected chi connectivity index (χ3v) is 6.07. The number of nitrogens with zero attached hydrogens (tertiary/aromatic N) is 1. The maximum absolute atomic E-state index is 6.56. The molecule has 24 heavy (non-hydrogen) atoms. The molecule has 1 N–H and O–H groups in total. The van der Waals surface area contributed by atoms with Gasteiger partial charge < -0.3 is 14.3 Å². The van der Waals surface area contributed by atoms with Gasteiger partial charge in [-0.15, -0.1) is 0 Å². The zero-order valence-electron chi connectivity index (χ0n) is 15.6. The maximum Gasteiger partial charge on any atom is 0.496 e. The van der Waals surface area contributed by atoms with Gasteiger partial charge in [-0.25, -0.2) is 4.98 Å². The lowest BCUT2D eigenvalue weighted by Crippen LogP contribution is -2.50. The summed E-state index contributed by atoms with van der Waals surface area (Å²) >= 11 is 0. The maximum atomic E-state index is 6.56. The summed E-state index contributed by atoms with van der Waals surface area (Å²) in [6, 6.07) is 2.18. The number of aromatic amines is 1. The Morgan fingerprint density at radius 2 is 1.58 bits per heavy atom. The fraction of sp³-hybridized carbons (Fsp3) is 0.632. The Morgan fingerprint density at radius 1 is 1.00 bits per heavy atom. The predicted molar refractivity (Wildman–Crippen MR) is 99.7 cm³/mol. The second kappa shape index (κ2) is 6.53. The van der Waals surface area contributed by atoms with Crippen molar-refractivity contribution in [2.45, 2.75) is 77.9 Å². The molecule has 0 saturated carbocycles. The van der Waals surface area contributed by atoms with Gasteiger partial charge >= 0.3 is 7.12 Å². The number of H-pyrrole nitrogens is 1. The number of fused-ring (bicyclic) bond motifs is 1. The fourth-order valence-corrected chi connectivity index (χ4v) is 4.40. The first-order valence-corrected chi connectivity index (χ1v) is 9.40. The molecule has 0 aromatic carbocycles. The van der Waals surface area contributed by atoms with Gasteiger partial charge in [0.25, 0.3) is 0 Å². The first-order chi connectivity index (χ1) is 11.6. The van der Waals surface area contributed by atoms with Crippen molar-refractivity contribution in [3.8, 4) is 0 Å². The lowest BCUT2D eigenvalue weighted by atomic mass is 9.75. The van der Waals surface area contributed by atoms with E-state index in [-0.39, 0.29) is 18.3 Å². The van der Waals surface area contributed by atoms with Crippen LogP contribution < -0.4 is 5.46 Å². The third-order valence-electron chi connectivity index (χ3n) is 6.07. The molecule has 0 radical (unpaired) electrons. The van der Waals surface area contributed by atoms with Crippen LogP contribution in [0.25, 0.3) is 11.0 Å². The minimum atomic E-state index is -0.332. The summed E-state index contributed by atoms with van der Waals surface area (Å²) in [4.78, 5) is 7.82. The average molecular weight is 328 g/mol. The van der Waals surface area contributed by atoms with Crippen LogP contribution in [0.4, 0.5) is 0 Å². The molecule has 0 unspecified atom stereocenters. The molecule has 0 amide bonds. The third kappa shape index (κ3) is 2.41. The molecule has 1 aliphatic heterocycles. The Labute approximate surface area is 145 Å². The normalized spacial score (nSPS) is 19.3. The van der Waals surface area contributed by atoms with E-state index in [1.54, 1.807) is 0 Å². The molecule has 0 bridgehead atoms. The summed E-state index contributed by atoms with van der Waals surface area (Å²) in [6.45, 7) is 11.0. The van der Waals surface area contributed by atoms with E-state index in [4.69, 9.17) is 9.31 Å². The number of aryl methyl sites for hydroxylation is 1. The molecule has 2 aromatic heterocycles. The molecular formula is C19H29BN2O2. The molecular weight excluding hydrogens is 299 g/mol. The molecule has 1 saturated heterocycles. The van der Waals surface area contributed by atoms with Crippen LogP contribution >= 0.6 is 0 Å². The second-order valence-electron chi connectivity index (χ2n) is 6.80. The molecule has 3 rings (SSSR count). The number of pyridine rings is 1. The standard InChI is InChI=1S/C19H29BN2O2/c1-6-14-12-21-17-16(14)11-15(13-22-17)20-23-18(7-2,8-3)19(9-4,10-5)24-20/h11-13H,6-10H2,1-5H3,(H,21,22). The monoisotopic (exact) mass is 328 g/mol. The van der Waals surface area contributed by atoms with Crippen LogP contribution in [0.2, 0.25) is 0 Å².